The van der Waals surface area contributed by atoms with Gasteiger partial charge in [0.2, 0.25) is 0 Å². The lowest BCUT2D eigenvalue weighted by molar-refractivity contribution is 0.610. The molecule has 0 aliphatic heterocycles. The smallest absolute Gasteiger partial charge is 0.148 e. The molecular weight excluding hydrogens is 269 g/mol. The van der Waals surface area contributed by atoms with Crippen LogP contribution in [0.2, 0.25) is 0 Å². The molecule has 1 heterocycles. The zero-order valence-corrected chi connectivity index (χ0v) is 12.1. The maximum atomic E-state index is 13.6. The van der Waals surface area contributed by atoms with E-state index in [-0.39, 0.29) is 5.82 Å². The number of hydrazine groups is 1. The number of benzene rings is 1. The SMILES string of the molecule is CCCc1c(NN)ncnc1NCCc1ccccc1F. The minimum atomic E-state index is -0.180. The summed E-state index contributed by atoms with van der Waals surface area (Å²) >= 11 is 0. The van der Waals surface area contributed by atoms with Gasteiger partial charge in [-0.2, -0.15) is 0 Å². The first-order valence-electron chi connectivity index (χ1n) is 7.04. The van der Waals surface area contributed by atoms with E-state index in [0.29, 0.717) is 24.3 Å². The highest BCUT2D eigenvalue weighted by atomic mass is 19.1. The van der Waals surface area contributed by atoms with E-state index in [2.05, 4.69) is 27.6 Å². The fraction of sp³-hybridized carbons (Fsp3) is 0.333. The molecule has 2 rings (SSSR count). The number of rotatable bonds is 7. The van der Waals surface area contributed by atoms with Gasteiger partial charge in [0.1, 0.15) is 23.8 Å². The van der Waals surface area contributed by atoms with Crippen molar-refractivity contribution in [3.05, 3.63) is 47.5 Å². The van der Waals surface area contributed by atoms with Gasteiger partial charge in [0.25, 0.3) is 0 Å². The summed E-state index contributed by atoms with van der Waals surface area (Å²) in [6, 6.07) is 6.78. The Labute approximate surface area is 123 Å². The Morgan fingerprint density at radius 1 is 1.14 bits per heavy atom. The van der Waals surface area contributed by atoms with Crippen molar-refractivity contribution >= 4 is 11.6 Å². The zero-order chi connectivity index (χ0) is 15.1. The number of nitrogen functional groups attached to an aromatic ring is 1. The molecule has 1 aromatic carbocycles. The fourth-order valence-corrected chi connectivity index (χ4v) is 2.19. The second-order valence-corrected chi connectivity index (χ2v) is 4.71. The minimum Gasteiger partial charge on any atom is -0.369 e. The number of nitrogens with two attached hydrogens (primary N) is 1. The van der Waals surface area contributed by atoms with Crippen LogP contribution in [0.25, 0.3) is 0 Å². The van der Waals surface area contributed by atoms with Crippen molar-refractivity contribution < 1.29 is 4.39 Å². The van der Waals surface area contributed by atoms with Crippen molar-refractivity contribution in [2.24, 2.45) is 5.84 Å². The van der Waals surface area contributed by atoms with Gasteiger partial charge in [0, 0.05) is 12.1 Å². The lowest BCUT2D eigenvalue weighted by atomic mass is 10.1. The summed E-state index contributed by atoms with van der Waals surface area (Å²) in [7, 11) is 0. The Bertz CT molecular complexity index is 588. The average molecular weight is 289 g/mol. The molecule has 2 aromatic rings. The van der Waals surface area contributed by atoms with Gasteiger partial charge in [0.15, 0.2) is 0 Å². The van der Waals surface area contributed by atoms with Gasteiger partial charge < -0.3 is 10.7 Å². The first kappa shape index (κ1) is 15.2. The highest BCUT2D eigenvalue weighted by Gasteiger charge is 2.09. The summed E-state index contributed by atoms with van der Waals surface area (Å²) in [6.07, 6.45) is 3.83. The zero-order valence-electron chi connectivity index (χ0n) is 12.1. The first-order chi connectivity index (χ1) is 10.3. The van der Waals surface area contributed by atoms with Crippen LogP contribution in [0.15, 0.2) is 30.6 Å². The van der Waals surface area contributed by atoms with E-state index in [1.165, 1.54) is 12.4 Å². The maximum Gasteiger partial charge on any atom is 0.148 e. The second kappa shape index (κ2) is 7.54. The molecule has 6 heteroatoms. The summed E-state index contributed by atoms with van der Waals surface area (Å²) in [5, 5.41) is 3.24. The third kappa shape index (κ3) is 3.88. The molecule has 0 spiro atoms. The predicted molar refractivity (Wildman–Crippen MR) is 82.4 cm³/mol. The third-order valence-corrected chi connectivity index (χ3v) is 3.23. The van der Waals surface area contributed by atoms with E-state index in [4.69, 9.17) is 5.84 Å². The summed E-state index contributed by atoms with van der Waals surface area (Å²) < 4.78 is 13.6. The lowest BCUT2D eigenvalue weighted by Crippen LogP contribution is -2.15. The Hall–Kier alpha value is -2.21. The van der Waals surface area contributed by atoms with Crippen molar-refractivity contribution in [1.82, 2.24) is 9.97 Å². The van der Waals surface area contributed by atoms with Crippen LogP contribution in [0.3, 0.4) is 0 Å². The summed E-state index contributed by atoms with van der Waals surface area (Å²) in [5.74, 6) is 6.66. The third-order valence-electron chi connectivity index (χ3n) is 3.23. The van der Waals surface area contributed by atoms with Crippen LogP contribution in [0.1, 0.15) is 24.5 Å². The van der Waals surface area contributed by atoms with E-state index >= 15 is 0 Å². The molecule has 0 aliphatic rings. The van der Waals surface area contributed by atoms with E-state index < -0.39 is 0 Å². The van der Waals surface area contributed by atoms with Crippen molar-refractivity contribution in [1.29, 1.82) is 0 Å². The number of halogens is 1. The lowest BCUT2D eigenvalue weighted by Gasteiger charge is -2.13. The van der Waals surface area contributed by atoms with Crippen LogP contribution < -0.4 is 16.6 Å². The van der Waals surface area contributed by atoms with Crippen LogP contribution in [-0.4, -0.2) is 16.5 Å². The number of nitrogens with one attached hydrogen (secondary N) is 2. The van der Waals surface area contributed by atoms with Crippen LogP contribution in [0.5, 0.6) is 0 Å². The maximum absolute atomic E-state index is 13.6. The fourth-order valence-electron chi connectivity index (χ4n) is 2.19. The summed E-state index contributed by atoms with van der Waals surface area (Å²) in [6.45, 7) is 2.68. The Kier molecular flexibility index (Phi) is 5.45. The topological polar surface area (TPSA) is 75.9 Å². The van der Waals surface area contributed by atoms with Gasteiger partial charge in [0.05, 0.1) is 0 Å². The number of nitrogens with zero attached hydrogens (tertiary/aromatic N) is 2. The molecule has 21 heavy (non-hydrogen) atoms. The second-order valence-electron chi connectivity index (χ2n) is 4.71. The Morgan fingerprint density at radius 3 is 2.62 bits per heavy atom. The minimum absolute atomic E-state index is 0.180. The molecule has 0 amide bonds. The first-order valence-corrected chi connectivity index (χ1v) is 7.04. The Balaban J connectivity index is 2.04. The van der Waals surface area contributed by atoms with E-state index in [1.54, 1.807) is 12.1 Å². The number of aromatic nitrogens is 2. The van der Waals surface area contributed by atoms with E-state index in [0.717, 1.165) is 24.2 Å². The van der Waals surface area contributed by atoms with Gasteiger partial charge in [-0.3, -0.25) is 0 Å². The monoisotopic (exact) mass is 289 g/mol. The highest BCUT2D eigenvalue weighted by molar-refractivity contribution is 5.56. The molecule has 0 radical (unpaired) electrons. The quantitative estimate of drug-likeness (QED) is 0.539. The molecule has 0 saturated carbocycles. The summed E-state index contributed by atoms with van der Waals surface area (Å²) in [5.41, 5.74) is 4.23. The molecule has 0 bridgehead atoms. The number of hydrogen-bond donors (Lipinski definition) is 3. The van der Waals surface area contributed by atoms with Crippen molar-refractivity contribution in [3.63, 3.8) is 0 Å². The molecule has 0 saturated heterocycles. The van der Waals surface area contributed by atoms with Crippen LogP contribution in [0, 0.1) is 5.82 Å². The van der Waals surface area contributed by atoms with Crippen molar-refractivity contribution in [2.75, 3.05) is 17.3 Å². The predicted octanol–water partition coefficient (Wildman–Crippen LogP) is 2.51. The molecule has 0 aliphatic carbocycles. The average Bonchev–Trinajstić information content (AvgIpc) is 2.51. The Morgan fingerprint density at radius 2 is 1.90 bits per heavy atom. The normalized spacial score (nSPS) is 10.4. The molecule has 0 unspecified atom stereocenters. The molecule has 4 N–H and O–H groups in total. The highest BCUT2D eigenvalue weighted by Crippen LogP contribution is 2.20. The van der Waals surface area contributed by atoms with Gasteiger partial charge in [-0.15, -0.1) is 0 Å². The number of anilines is 2. The van der Waals surface area contributed by atoms with Crippen molar-refractivity contribution in [3.8, 4) is 0 Å². The molecule has 1 aromatic heterocycles. The molecule has 5 nitrogen and oxygen atoms in total. The van der Waals surface area contributed by atoms with E-state index in [1.807, 2.05) is 6.07 Å². The standard InChI is InChI=1S/C15H20FN5/c1-2-5-12-14(19-10-20-15(12)21-17)18-9-8-11-6-3-4-7-13(11)16/h3-4,6-7,10H,2,5,8-9,17H2,1H3,(H2,18,19,20,21). The van der Waals surface area contributed by atoms with Crippen LogP contribution >= 0.6 is 0 Å². The van der Waals surface area contributed by atoms with E-state index in [9.17, 15) is 4.39 Å². The van der Waals surface area contributed by atoms with Gasteiger partial charge in [-0.25, -0.2) is 20.2 Å². The molecule has 0 atom stereocenters. The van der Waals surface area contributed by atoms with Gasteiger partial charge >= 0.3 is 0 Å². The van der Waals surface area contributed by atoms with Gasteiger partial charge in [-0.1, -0.05) is 31.5 Å². The van der Waals surface area contributed by atoms with Crippen LogP contribution in [-0.2, 0) is 12.8 Å². The molecule has 0 fully saturated rings. The summed E-state index contributed by atoms with van der Waals surface area (Å²) in [4.78, 5) is 8.36. The van der Waals surface area contributed by atoms with Crippen LogP contribution in [0.4, 0.5) is 16.0 Å². The molecular formula is C15H20FN5. The molecule has 112 valence electrons. The van der Waals surface area contributed by atoms with Crippen molar-refractivity contribution in [2.45, 2.75) is 26.2 Å². The van der Waals surface area contributed by atoms with Gasteiger partial charge in [-0.05, 0) is 24.5 Å². The number of hydrogen-bond acceptors (Lipinski definition) is 5. The largest absolute Gasteiger partial charge is 0.369 e.